The highest BCUT2D eigenvalue weighted by Gasteiger charge is 2.18. The van der Waals surface area contributed by atoms with E-state index in [1.54, 1.807) is 36.4 Å². The smallest absolute Gasteiger partial charge is 0.251 e. The number of methoxy groups -OCH3 is 2. The van der Waals surface area contributed by atoms with Gasteiger partial charge in [-0.15, -0.1) is 0 Å². The summed E-state index contributed by atoms with van der Waals surface area (Å²) in [5.41, 5.74) is 1.99. The molecule has 132 valence electrons. The minimum absolute atomic E-state index is 0.354. The fourth-order valence-corrected chi connectivity index (χ4v) is 2.52. The molecule has 0 aliphatic carbocycles. The largest absolute Gasteiger partial charge is 0.550 e. The average Bonchev–Trinajstić information content (AvgIpc) is 2.60. The number of carbonyl (C=O) groups excluding carboxylic acids is 2. The molecule has 6 nitrogen and oxygen atoms in total. The minimum Gasteiger partial charge on any atom is -0.550 e. The molecule has 0 radical (unpaired) electrons. The van der Waals surface area contributed by atoms with Crippen molar-refractivity contribution in [1.29, 1.82) is 0 Å². The van der Waals surface area contributed by atoms with Gasteiger partial charge in [0.05, 0.1) is 20.3 Å². The van der Waals surface area contributed by atoms with Gasteiger partial charge in [-0.05, 0) is 36.8 Å². The maximum atomic E-state index is 12.5. The number of hydrogen-bond acceptors (Lipinski definition) is 5. The number of ether oxygens (including phenoxy) is 2. The summed E-state index contributed by atoms with van der Waals surface area (Å²) >= 11 is 0. The van der Waals surface area contributed by atoms with Crippen LogP contribution < -0.4 is 19.9 Å². The summed E-state index contributed by atoms with van der Waals surface area (Å²) in [6.45, 7) is 1.88. The van der Waals surface area contributed by atoms with Crippen molar-refractivity contribution in [3.63, 3.8) is 0 Å². The van der Waals surface area contributed by atoms with Gasteiger partial charge < -0.3 is 24.7 Å². The normalized spacial score (nSPS) is 11.5. The molecule has 1 unspecified atom stereocenters. The highest BCUT2D eigenvalue weighted by atomic mass is 16.5. The van der Waals surface area contributed by atoms with Crippen LogP contribution in [0, 0.1) is 6.92 Å². The molecular formula is C19H20NO5-. The van der Waals surface area contributed by atoms with Crippen LogP contribution in [0.4, 0.5) is 0 Å². The summed E-state index contributed by atoms with van der Waals surface area (Å²) in [7, 11) is 3.00. The lowest BCUT2D eigenvalue weighted by Gasteiger charge is -2.21. The van der Waals surface area contributed by atoms with E-state index in [1.165, 1.54) is 14.2 Å². The Kier molecular flexibility index (Phi) is 6.00. The first kappa shape index (κ1) is 18.3. The van der Waals surface area contributed by atoms with E-state index in [0.29, 0.717) is 22.6 Å². The topological polar surface area (TPSA) is 87.7 Å². The van der Waals surface area contributed by atoms with E-state index in [1.807, 2.05) is 13.0 Å². The van der Waals surface area contributed by atoms with Crippen LogP contribution in [0.5, 0.6) is 11.5 Å². The lowest BCUT2D eigenvalue weighted by atomic mass is 10.0. The average molecular weight is 342 g/mol. The summed E-state index contributed by atoms with van der Waals surface area (Å²) in [4.78, 5) is 23.6. The Balaban J connectivity index is 2.30. The third-order valence-corrected chi connectivity index (χ3v) is 3.77. The SMILES string of the molecule is COc1ccc(C(CC(=O)[O-])NC(=O)c2cccc(C)c2)cc1OC. The maximum absolute atomic E-state index is 12.5. The van der Waals surface area contributed by atoms with E-state index in [0.717, 1.165) is 5.56 Å². The van der Waals surface area contributed by atoms with Gasteiger partial charge in [-0.3, -0.25) is 4.79 Å². The standard InChI is InChI=1S/C19H21NO5/c1-12-5-4-6-14(9-12)19(23)20-15(11-18(21)22)13-7-8-16(24-2)17(10-13)25-3/h4-10,15H,11H2,1-3H3,(H,20,23)(H,21,22)/p-1. The number of carboxylic acid groups (broad SMARTS) is 1. The lowest BCUT2D eigenvalue weighted by molar-refractivity contribution is -0.306. The van der Waals surface area contributed by atoms with Crippen LogP contribution in [-0.2, 0) is 4.79 Å². The first-order chi connectivity index (χ1) is 11.9. The molecule has 2 aromatic rings. The number of amides is 1. The summed E-state index contributed by atoms with van der Waals surface area (Å²) in [5, 5.41) is 13.9. The molecule has 0 saturated carbocycles. The van der Waals surface area contributed by atoms with Gasteiger partial charge in [0.1, 0.15) is 0 Å². The van der Waals surface area contributed by atoms with Crippen LogP contribution in [0.25, 0.3) is 0 Å². The summed E-state index contributed by atoms with van der Waals surface area (Å²) in [5.74, 6) is -0.648. The van der Waals surface area contributed by atoms with Crippen molar-refractivity contribution in [2.24, 2.45) is 0 Å². The summed E-state index contributed by atoms with van der Waals surface area (Å²) < 4.78 is 10.4. The number of benzene rings is 2. The van der Waals surface area contributed by atoms with E-state index in [9.17, 15) is 14.7 Å². The van der Waals surface area contributed by atoms with Crippen molar-refractivity contribution < 1.29 is 24.2 Å². The van der Waals surface area contributed by atoms with E-state index >= 15 is 0 Å². The van der Waals surface area contributed by atoms with Gasteiger partial charge in [-0.2, -0.15) is 0 Å². The number of carbonyl (C=O) groups is 2. The van der Waals surface area contributed by atoms with Crippen molar-refractivity contribution >= 4 is 11.9 Å². The van der Waals surface area contributed by atoms with Crippen LogP contribution in [0.15, 0.2) is 42.5 Å². The molecule has 0 aromatic heterocycles. The van der Waals surface area contributed by atoms with Gasteiger partial charge in [0.2, 0.25) is 0 Å². The third-order valence-electron chi connectivity index (χ3n) is 3.77. The Labute approximate surface area is 146 Å². The van der Waals surface area contributed by atoms with Crippen LogP contribution in [0.3, 0.4) is 0 Å². The molecule has 1 atom stereocenters. The van der Waals surface area contributed by atoms with Gasteiger partial charge in [0.15, 0.2) is 11.5 Å². The zero-order chi connectivity index (χ0) is 18.4. The van der Waals surface area contributed by atoms with Crippen molar-refractivity contribution in [2.45, 2.75) is 19.4 Å². The predicted molar refractivity (Wildman–Crippen MR) is 90.6 cm³/mol. The lowest BCUT2D eigenvalue weighted by Crippen LogP contribution is -2.34. The van der Waals surface area contributed by atoms with Crippen LogP contribution in [0.1, 0.15) is 33.9 Å². The summed E-state index contributed by atoms with van der Waals surface area (Å²) in [6, 6.07) is 11.3. The molecular weight excluding hydrogens is 322 g/mol. The van der Waals surface area contributed by atoms with Gasteiger partial charge in [-0.1, -0.05) is 23.8 Å². The first-order valence-electron chi connectivity index (χ1n) is 7.74. The first-order valence-corrected chi connectivity index (χ1v) is 7.74. The zero-order valence-corrected chi connectivity index (χ0v) is 14.4. The monoisotopic (exact) mass is 342 g/mol. The van der Waals surface area contributed by atoms with Gasteiger partial charge in [-0.25, -0.2) is 0 Å². The highest BCUT2D eigenvalue weighted by molar-refractivity contribution is 5.94. The molecule has 0 saturated heterocycles. The molecule has 0 heterocycles. The number of hydrogen-bond donors (Lipinski definition) is 1. The molecule has 0 bridgehead atoms. The van der Waals surface area contributed by atoms with Gasteiger partial charge in [0.25, 0.3) is 5.91 Å². The molecule has 0 fully saturated rings. The molecule has 1 N–H and O–H groups in total. The zero-order valence-electron chi connectivity index (χ0n) is 14.4. The molecule has 2 aromatic carbocycles. The second kappa shape index (κ2) is 8.19. The molecule has 2 rings (SSSR count). The Bertz CT molecular complexity index is 772. The molecule has 0 aliphatic heterocycles. The minimum atomic E-state index is -1.26. The van der Waals surface area contributed by atoms with E-state index in [-0.39, 0.29) is 12.3 Å². The van der Waals surface area contributed by atoms with Gasteiger partial charge >= 0.3 is 0 Å². The Hall–Kier alpha value is -3.02. The Morgan fingerprint density at radius 1 is 1.08 bits per heavy atom. The fourth-order valence-electron chi connectivity index (χ4n) is 2.52. The van der Waals surface area contributed by atoms with Gasteiger partial charge in [0, 0.05) is 18.0 Å². The maximum Gasteiger partial charge on any atom is 0.251 e. The quantitative estimate of drug-likeness (QED) is 0.826. The van der Waals surface area contributed by atoms with Crippen molar-refractivity contribution in [3.05, 3.63) is 59.2 Å². The van der Waals surface area contributed by atoms with Crippen molar-refractivity contribution in [2.75, 3.05) is 14.2 Å². The third kappa shape index (κ3) is 4.73. The van der Waals surface area contributed by atoms with Crippen LogP contribution in [0.2, 0.25) is 0 Å². The molecule has 6 heteroatoms. The number of nitrogens with one attached hydrogen (secondary N) is 1. The number of rotatable bonds is 7. The van der Waals surface area contributed by atoms with E-state index in [4.69, 9.17) is 9.47 Å². The second-order valence-electron chi connectivity index (χ2n) is 5.59. The van der Waals surface area contributed by atoms with E-state index < -0.39 is 12.0 Å². The van der Waals surface area contributed by atoms with Crippen LogP contribution in [-0.4, -0.2) is 26.1 Å². The van der Waals surface area contributed by atoms with Crippen LogP contribution >= 0.6 is 0 Å². The molecule has 0 spiro atoms. The molecule has 1 amide bonds. The highest BCUT2D eigenvalue weighted by Crippen LogP contribution is 2.31. The number of aryl methyl sites for hydroxylation is 1. The number of carboxylic acids is 1. The summed E-state index contributed by atoms with van der Waals surface area (Å²) in [6.07, 6.45) is -0.354. The molecule has 25 heavy (non-hydrogen) atoms. The Morgan fingerprint density at radius 3 is 2.40 bits per heavy atom. The van der Waals surface area contributed by atoms with E-state index in [2.05, 4.69) is 5.32 Å². The fraction of sp³-hybridized carbons (Fsp3) is 0.263. The predicted octanol–water partition coefficient (Wildman–Crippen LogP) is 1.62. The Morgan fingerprint density at radius 2 is 1.80 bits per heavy atom. The molecule has 0 aliphatic rings. The van der Waals surface area contributed by atoms with Crippen molar-refractivity contribution in [1.82, 2.24) is 5.32 Å². The van der Waals surface area contributed by atoms with Crippen molar-refractivity contribution in [3.8, 4) is 11.5 Å². The number of aliphatic carboxylic acids is 1. The second-order valence-corrected chi connectivity index (χ2v) is 5.59.